The summed E-state index contributed by atoms with van der Waals surface area (Å²) in [7, 11) is 3.12. The zero-order chi connectivity index (χ0) is 17.8. The second kappa shape index (κ2) is 7.31. The van der Waals surface area contributed by atoms with Gasteiger partial charge in [0.2, 0.25) is 0 Å². The lowest BCUT2D eigenvalue weighted by Crippen LogP contribution is -2.11. The van der Waals surface area contributed by atoms with Gasteiger partial charge < -0.3 is 14.8 Å². The molecule has 0 atom stereocenters. The third-order valence-electron chi connectivity index (χ3n) is 3.55. The van der Waals surface area contributed by atoms with Crippen molar-refractivity contribution in [2.24, 2.45) is 0 Å². The summed E-state index contributed by atoms with van der Waals surface area (Å²) in [5.74, 6) is 0.947. The van der Waals surface area contributed by atoms with Gasteiger partial charge in [0.05, 0.1) is 19.9 Å². The summed E-state index contributed by atoms with van der Waals surface area (Å²) in [5, 5.41) is 3.64. The normalized spacial score (nSPS) is 10.4. The molecule has 0 aliphatic heterocycles. The van der Waals surface area contributed by atoms with Crippen molar-refractivity contribution in [3.05, 3.63) is 53.3 Å². The van der Waals surface area contributed by atoms with E-state index in [0.29, 0.717) is 27.8 Å². The van der Waals surface area contributed by atoms with Crippen molar-refractivity contribution in [3.8, 4) is 22.1 Å². The maximum Gasteiger partial charge on any atom is 0.267 e. The van der Waals surface area contributed by atoms with E-state index in [4.69, 9.17) is 9.47 Å². The number of nitrogens with zero attached hydrogens (tertiary/aromatic N) is 2. The molecular formula is C18H17N3O3S. The number of ether oxygens (including phenoxy) is 2. The molecule has 6 nitrogen and oxygen atoms in total. The van der Waals surface area contributed by atoms with E-state index in [1.54, 1.807) is 44.8 Å². The van der Waals surface area contributed by atoms with Crippen molar-refractivity contribution < 1.29 is 14.3 Å². The molecule has 1 N–H and O–H groups in total. The van der Waals surface area contributed by atoms with E-state index in [2.05, 4.69) is 15.3 Å². The molecule has 0 radical (unpaired) electrons. The van der Waals surface area contributed by atoms with Crippen LogP contribution in [-0.4, -0.2) is 30.1 Å². The lowest BCUT2D eigenvalue weighted by atomic mass is 10.2. The highest BCUT2D eigenvalue weighted by Gasteiger charge is 2.17. The molecule has 0 spiro atoms. The molecular weight excluding hydrogens is 338 g/mol. The summed E-state index contributed by atoms with van der Waals surface area (Å²) in [6.45, 7) is 1.82. The molecule has 128 valence electrons. The number of nitrogens with one attached hydrogen (secondary N) is 1. The van der Waals surface area contributed by atoms with E-state index in [-0.39, 0.29) is 5.91 Å². The van der Waals surface area contributed by atoms with E-state index < -0.39 is 0 Å². The molecule has 1 amide bonds. The van der Waals surface area contributed by atoms with Gasteiger partial charge in [-0.05, 0) is 31.2 Å². The highest BCUT2D eigenvalue weighted by atomic mass is 32.1. The fraction of sp³-hybridized carbons (Fsp3) is 0.167. The first-order chi connectivity index (χ1) is 12.1. The molecule has 25 heavy (non-hydrogen) atoms. The molecule has 3 rings (SSSR count). The van der Waals surface area contributed by atoms with Gasteiger partial charge in [0.25, 0.3) is 5.91 Å². The molecule has 2 aromatic heterocycles. The van der Waals surface area contributed by atoms with Gasteiger partial charge in [0.1, 0.15) is 9.88 Å². The summed E-state index contributed by atoms with van der Waals surface area (Å²) in [6, 6.07) is 8.98. The molecule has 2 heterocycles. The van der Waals surface area contributed by atoms with E-state index in [1.807, 2.05) is 19.1 Å². The SMILES string of the molecule is COc1ccc(NC(=O)c2sc(-c3cccnc3)nc2C)cc1OC. The van der Waals surface area contributed by atoms with Crippen LogP contribution in [0.15, 0.2) is 42.7 Å². The van der Waals surface area contributed by atoms with E-state index >= 15 is 0 Å². The molecule has 3 aromatic rings. The first-order valence-corrected chi connectivity index (χ1v) is 8.35. The molecule has 1 aromatic carbocycles. The van der Waals surface area contributed by atoms with Crippen LogP contribution in [0.5, 0.6) is 11.5 Å². The molecule has 0 unspecified atom stereocenters. The van der Waals surface area contributed by atoms with Gasteiger partial charge in [-0.1, -0.05) is 0 Å². The number of rotatable bonds is 5. The summed E-state index contributed by atoms with van der Waals surface area (Å²) >= 11 is 1.34. The fourth-order valence-electron chi connectivity index (χ4n) is 2.32. The third-order valence-corrected chi connectivity index (χ3v) is 4.76. The number of aromatic nitrogens is 2. The number of methoxy groups -OCH3 is 2. The topological polar surface area (TPSA) is 73.3 Å². The first-order valence-electron chi connectivity index (χ1n) is 7.53. The van der Waals surface area contributed by atoms with Crippen LogP contribution in [0.1, 0.15) is 15.4 Å². The van der Waals surface area contributed by atoms with Crippen molar-refractivity contribution in [2.75, 3.05) is 19.5 Å². The van der Waals surface area contributed by atoms with Crippen LogP contribution < -0.4 is 14.8 Å². The van der Waals surface area contributed by atoms with Gasteiger partial charge in [0, 0.05) is 29.7 Å². The van der Waals surface area contributed by atoms with Crippen LogP contribution in [-0.2, 0) is 0 Å². The number of aryl methyl sites for hydroxylation is 1. The lowest BCUT2D eigenvalue weighted by molar-refractivity contribution is 0.103. The summed E-state index contributed by atoms with van der Waals surface area (Å²) in [6.07, 6.45) is 3.43. The fourth-order valence-corrected chi connectivity index (χ4v) is 3.27. The third kappa shape index (κ3) is 3.61. The van der Waals surface area contributed by atoms with E-state index in [0.717, 1.165) is 10.6 Å². The molecule has 0 aliphatic carbocycles. The minimum Gasteiger partial charge on any atom is -0.493 e. The monoisotopic (exact) mass is 355 g/mol. The molecule has 0 fully saturated rings. The van der Waals surface area contributed by atoms with Gasteiger partial charge in [0.15, 0.2) is 11.5 Å². The second-order valence-electron chi connectivity index (χ2n) is 5.20. The van der Waals surface area contributed by atoms with Crippen LogP contribution in [0.4, 0.5) is 5.69 Å². The Hall–Kier alpha value is -2.93. The standard InChI is InChI=1S/C18H17N3O3S/c1-11-16(25-18(20-11)12-5-4-8-19-10-12)17(22)21-13-6-7-14(23-2)15(9-13)24-3/h4-10H,1-3H3,(H,21,22). The number of anilines is 1. The van der Waals surface area contributed by atoms with Crippen LogP contribution in [0.2, 0.25) is 0 Å². The average Bonchev–Trinajstić information content (AvgIpc) is 3.04. The summed E-state index contributed by atoms with van der Waals surface area (Å²) < 4.78 is 10.5. The van der Waals surface area contributed by atoms with Crippen LogP contribution in [0, 0.1) is 6.92 Å². The number of carbonyl (C=O) groups excluding carboxylic acids is 1. The van der Waals surface area contributed by atoms with E-state index in [1.165, 1.54) is 11.3 Å². The van der Waals surface area contributed by atoms with Gasteiger partial charge in [-0.3, -0.25) is 9.78 Å². The predicted octanol–water partition coefficient (Wildman–Crippen LogP) is 3.78. The minimum atomic E-state index is -0.211. The number of pyridine rings is 1. The smallest absolute Gasteiger partial charge is 0.267 e. The summed E-state index contributed by atoms with van der Waals surface area (Å²) in [5.41, 5.74) is 2.20. The first kappa shape index (κ1) is 16.9. The van der Waals surface area contributed by atoms with Gasteiger partial charge in [-0.25, -0.2) is 4.98 Å². The highest BCUT2D eigenvalue weighted by Crippen LogP contribution is 2.31. The van der Waals surface area contributed by atoms with Crippen molar-refractivity contribution in [3.63, 3.8) is 0 Å². The van der Waals surface area contributed by atoms with Gasteiger partial charge in [-0.15, -0.1) is 11.3 Å². The largest absolute Gasteiger partial charge is 0.493 e. The maximum absolute atomic E-state index is 12.6. The number of benzene rings is 1. The van der Waals surface area contributed by atoms with Crippen LogP contribution >= 0.6 is 11.3 Å². The van der Waals surface area contributed by atoms with Crippen LogP contribution in [0.25, 0.3) is 10.6 Å². The number of hydrogen-bond acceptors (Lipinski definition) is 6. The number of thiazole rings is 1. The van der Waals surface area contributed by atoms with Gasteiger partial charge in [-0.2, -0.15) is 0 Å². The summed E-state index contributed by atoms with van der Waals surface area (Å²) in [4.78, 5) is 21.7. The Morgan fingerprint density at radius 3 is 2.64 bits per heavy atom. The molecule has 7 heteroatoms. The Kier molecular flexibility index (Phi) is 4.95. The number of carbonyl (C=O) groups is 1. The van der Waals surface area contributed by atoms with Crippen molar-refractivity contribution in [1.82, 2.24) is 9.97 Å². The second-order valence-corrected chi connectivity index (χ2v) is 6.20. The van der Waals surface area contributed by atoms with Gasteiger partial charge >= 0.3 is 0 Å². The number of amides is 1. The Bertz CT molecular complexity index is 894. The Morgan fingerprint density at radius 2 is 1.96 bits per heavy atom. The van der Waals surface area contributed by atoms with E-state index in [9.17, 15) is 4.79 Å². The lowest BCUT2D eigenvalue weighted by Gasteiger charge is -2.10. The number of hydrogen-bond donors (Lipinski definition) is 1. The average molecular weight is 355 g/mol. The minimum absolute atomic E-state index is 0.211. The Labute approximate surface area is 149 Å². The quantitative estimate of drug-likeness (QED) is 0.754. The maximum atomic E-state index is 12.6. The van der Waals surface area contributed by atoms with Crippen molar-refractivity contribution >= 4 is 22.9 Å². The molecule has 0 saturated carbocycles. The van der Waals surface area contributed by atoms with Crippen LogP contribution in [0.3, 0.4) is 0 Å². The zero-order valence-electron chi connectivity index (χ0n) is 14.1. The Balaban J connectivity index is 1.83. The van der Waals surface area contributed by atoms with Crippen molar-refractivity contribution in [2.45, 2.75) is 6.92 Å². The molecule has 0 aliphatic rings. The zero-order valence-corrected chi connectivity index (χ0v) is 14.9. The predicted molar refractivity (Wildman–Crippen MR) is 97.6 cm³/mol. The molecule has 0 saturated heterocycles. The molecule has 0 bridgehead atoms. The Morgan fingerprint density at radius 1 is 1.16 bits per heavy atom. The highest BCUT2D eigenvalue weighted by molar-refractivity contribution is 7.17. The van der Waals surface area contributed by atoms with Crippen molar-refractivity contribution in [1.29, 1.82) is 0 Å².